The minimum Gasteiger partial charge on any atom is -0.317 e. The van der Waals surface area contributed by atoms with Crippen LogP contribution < -0.4 is 5.32 Å². The summed E-state index contributed by atoms with van der Waals surface area (Å²) in [6.45, 7) is 11.6. The summed E-state index contributed by atoms with van der Waals surface area (Å²) in [5.74, 6) is 1.08. The van der Waals surface area contributed by atoms with Crippen molar-refractivity contribution >= 4 is 10.0 Å². The topological polar surface area (TPSA) is 49.4 Å². The van der Waals surface area contributed by atoms with E-state index in [9.17, 15) is 8.42 Å². The first-order chi connectivity index (χ1) is 9.34. The van der Waals surface area contributed by atoms with E-state index in [-0.39, 0.29) is 5.25 Å². The van der Waals surface area contributed by atoms with Crippen LogP contribution in [0, 0.1) is 11.8 Å². The van der Waals surface area contributed by atoms with Crippen molar-refractivity contribution in [2.45, 2.75) is 58.6 Å². The third-order valence-corrected chi connectivity index (χ3v) is 6.38. The van der Waals surface area contributed by atoms with E-state index >= 15 is 0 Å². The average Bonchev–Trinajstić information content (AvgIpc) is 2.38. The Morgan fingerprint density at radius 1 is 1.00 bits per heavy atom. The molecule has 120 valence electrons. The van der Waals surface area contributed by atoms with Crippen molar-refractivity contribution < 1.29 is 8.42 Å². The largest absolute Gasteiger partial charge is 0.317 e. The van der Waals surface area contributed by atoms with E-state index in [1.54, 1.807) is 4.31 Å². The van der Waals surface area contributed by atoms with Gasteiger partial charge in [0.25, 0.3) is 0 Å². The van der Waals surface area contributed by atoms with Gasteiger partial charge in [0.05, 0.1) is 5.25 Å². The molecule has 5 heteroatoms. The molecule has 0 aromatic heterocycles. The van der Waals surface area contributed by atoms with Crippen molar-refractivity contribution in [3.8, 4) is 0 Å². The van der Waals surface area contributed by atoms with Gasteiger partial charge in [0.15, 0.2) is 0 Å². The predicted octanol–water partition coefficient (Wildman–Crippen LogP) is 2.46. The second-order valence-corrected chi connectivity index (χ2v) is 8.97. The number of nitrogens with one attached hydrogen (secondary N) is 1. The number of hydrogen-bond donors (Lipinski definition) is 1. The lowest BCUT2D eigenvalue weighted by atomic mass is 10.1. The van der Waals surface area contributed by atoms with Crippen LogP contribution in [0.1, 0.15) is 53.4 Å². The molecule has 0 radical (unpaired) electrons. The van der Waals surface area contributed by atoms with E-state index in [0.29, 0.717) is 24.9 Å². The fourth-order valence-corrected chi connectivity index (χ4v) is 4.45. The lowest BCUT2D eigenvalue weighted by Crippen LogP contribution is -2.45. The van der Waals surface area contributed by atoms with Crippen molar-refractivity contribution in [1.29, 1.82) is 0 Å². The molecule has 4 nitrogen and oxygen atoms in total. The van der Waals surface area contributed by atoms with E-state index in [2.05, 4.69) is 33.0 Å². The summed E-state index contributed by atoms with van der Waals surface area (Å²) in [5.41, 5.74) is 0. The van der Waals surface area contributed by atoms with Gasteiger partial charge in [0.1, 0.15) is 0 Å². The number of rotatable bonds is 8. The molecule has 0 aromatic carbocycles. The Bertz CT molecular complexity index is 348. The Hall–Kier alpha value is -0.130. The van der Waals surface area contributed by atoms with Gasteiger partial charge in [-0.1, -0.05) is 27.7 Å². The van der Waals surface area contributed by atoms with Crippen LogP contribution in [0.4, 0.5) is 0 Å². The average molecular weight is 305 g/mol. The predicted molar refractivity (Wildman–Crippen MR) is 85.3 cm³/mol. The maximum Gasteiger partial charge on any atom is 0.217 e. The van der Waals surface area contributed by atoms with Gasteiger partial charge in [-0.3, -0.25) is 0 Å². The standard InChI is InChI=1S/C15H32N2O2S/c1-13(2)7-11-17(12-8-14(3)4)20(18,19)15-5-9-16-10-6-15/h13-16H,5-12H2,1-4H3. The minimum absolute atomic E-state index is 0.178. The molecular formula is C15H32N2O2S. The first-order valence-corrected chi connectivity index (χ1v) is 9.54. The highest BCUT2D eigenvalue weighted by atomic mass is 32.2. The van der Waals surface area contributed by atoms with Crippen LogP contribution in [-0.2, 0) is 10.0 Å². The van der Waals surface area contributed by atoms with Crippen LogP contribution in [0.5, 0.6) is 0 Å². The van der Waals surface area contributed by atoms with Gasteiger partial charge in [0.2, 0.25) is 10.0 Å². The van der Waals surface area contributed by atoms with Crippen molar-refractivity contribution in [1.82, 2.24) is 9.62 Å². The fraction of sp³-hybridized carbons (Fsp3) is 1.00. The zero-order valence-electron chi connectivity index (χ0n) is 13.6. The molecule has 20 heavy (non-hydrogen) atoms. The van der Waals surface area contributed by atoms with E-state index in [0.717, 1.165) is 38.8 Å². The third-order valence-electron chi connectivity index (χ3n) is 3.98. The summed E-state index contributed by atoms with van der Waals surface area (Å²) in [6.07, 6.45) is 3.40. The lowest BCUT2D eigenvalue weighted by Gasteiger charge is -2.30. The maximum atomic E-state index is 12.8. The summed E-state index contributed by atoms with van der Waals surface area (Å²) in [4.78, 5) is 0. The number of nitrogens with zero attached hydrogens (tertiary/aromatic N) is 1. The van der Waals surface area contributed by atoms with Crippen LogP contribution >= 0.6 is 0 Å². The first kappa shape index (κ1) is 17.9. The second-order valence-electron chi connectivity index (χ2n) is 6.76. The van der Waals surface area contributed by atoms with Gasteiger partial charge < -0.3 is 5.32 Å². The van der Waals surface area contributed by atoms with Gasteiger partial charge in [0, 0.05) is 13.1 Å². The molecule has 0 unspecified atom stereocenters. The summed E-state index contributed by atoms with van der Waals surface area (Å²) in [6, 6.07) is 0. The van der Waals surface area contributed by atoms with Gasteiger partial charge in [-0.05, 0) is 50.6 Å². The molecule has 1 aliphatic rings. The molecule has 1 heterocycles. The molecule has 1 N–H and O–H groups in total. The van der Waals surface area contributed by atoms with Gasteiger partial charge in [-0.25, -0.2) is 12.7 Å². The van der Waals surface area contributed by atoms with E-state index in [4.69, 9.17) is 0 Å². The molecule has 0 atom stereocenters. The Morgan fingerprint density at radius 3 is 1.85 bits per heavy atom. The Labute approximate surface area is 125 Å². The maximum absolute atomic E-state index is 12.8. The molecule has 0 aromatic rings. The lowest BCUT2D eigenvalue weighted by molar-refractivity contribution is 0.346. The molecule has 0 saturated carbocycles. The summed E-state index contributed by atoms with van der Waals surface area (Å²) in [7, 11) is -3.12. The highest BCUT2D eigenvalue weighted by molar-refractivity contribution is 7.89. The quantitative estimate of drug-likeness (QED) is 0.749. The molecule has 1 aliphatic heterocycles. The van der Waals surface area contributed by atoms with E-state index in [1.165, 1.54) is 0 Å². The fourth-order valence-electron chi connectivity index (χ4n) is 2.47. The van der Waals surface area contributed by atoms with Gasteiger partial charge in [-0.15, -0.1) is 0 Å². The van der Waals surface area contributed by atoms with Crippen LogP contribution in [0.25, 0.3) is 0 Å². The molecule has 1 fully saturated rings. The smallest absolute Gasteiger partial charge is 0.217 e. The van der Waals surface area contributed by atoms with Gasteiger partial charge >= 0.3 is 0 Å². The summed E-state index contributed by atoms with van der Waals surface area (Å²) < 4.78 is 27.4. The first-order valence-electron chi connectivity index (χ1n) is 8.03. The Morgan fingerprint density at radius 2 is 1.45 bits per heavy atom. The highest BCUT2D eigenvalue weighted by Gasteiger charge is 2.32. The Kier molecular flexibility index (Phi) is 7.48. The monoisotopic (exact) mass is 304 g/mol. The third kappa shape index (κ3) is 5.70. The molecule has 0 bridgehead atoms. The zero-order valence-corrected chi connectivity index (χ0v) is 14.4. The number of sulfonamides is 1. The number of piperidine rings is 1. The van der Waals surface area contributed by atoms with Crippen LogP contribution in [0.2, 0.25) is 0 Å². The zero-order chi connectivity index (χ0) is 15.2. The summed E-state index contributed by atoms with van der Waals surface area (Å²) in [5, 5.41) is 3.07. The van der Waals surface area contributed by atoms with Crippen molar-refractivity contribution in [3.05, 3.63) is 0 Å². The molecule has 0 aliphatic carbocycles. The van der Waals surface area contributed by atoms with Crippen LogP contribution in [-0.4, -0.2) is 44.2 Å². The molecule has 0 amide bonds. The van der Waals surface area contributed by atoms with Crippen molar-refractivity contribution in [2.24, 2.45) is 11.8 Å². The van der Waals surface area contributed by atoms with Crippen LogP contribution in [0.15, 0.2) is 0 Å². The van der Waals surface area contributed by atoms with Gasteiger partial charge in [-0.2, -0.15) is 0 Å². The molecule has 0 spiro atoms. The molecule has 1 rings (SSSR count). The minimum atomic E-state index is -3.12. The van der Waals surface area contributed by atoms with Crippen molar-refractivity contribution in [2.75, 3.05) is 26.2 Å². The highest BCUT2D eigenvalue weighted by Crippen LogP contribution is 2.20. The number of hydrogen-bond acceptors (Lipinski definition) is 3. The van der Waals surface area contributed by atoms with Crippen molar-refractivity contribution in [3.63, 3.8) is 0 Å². The summed E-state index contributed by atoms with van der Waals surface area (Å²) >= 11 is 0. The SMILES string of the molecule is CC(C)CCN(CCC(C)C)S(=O)(=O)C1CCNCC1. The Balaban J connectivity index is 2.71. The van der Waals surface area contributed by atoms with E-state index < -0.39 is 10.0 Å². The normalized spacial score (nSPS) is 18.4. The van der Waals surface area contributed by atoms with Crippen LogP contribution in [0.3, 0.4) is 0 Å². The molecule has 1 saturated heterocycles. The van der Waals surface area contributed by atoms with E-state index in [1.807, 2.05) is 0 Å². The second kappa shape index (κ2) is 8.35. The molecular weight excluding hydrogens is 272 g/mol.